The number of nitrogens with zero attached hydrogens (tertiary/aromatic N) is 1. The van der Waals surface area contributed by atoms with E-state index in [2.05, 4.69) is 0 Å². The maximum absolute atomic E-state index is 15.1. The number of fused-ring (bicyclic) bond motifs is 1. The van der Waals surface area contributed by atoms with Crippen molar-refractivity contribution in [2.75, 3.05) is 12.3 Å². The lowest BCUT2D eigenvalue weighted by molar-refractivity contribution is 0.0695. The van der Waals surface area contributed by atoms with Crippen LogP contribution in [0.3, 0.4) is 0 Å². The molecule has 0 atom stereocenters. The number of rotatable bonds is 5. The van der Waals surface area contributed by atoms with Crippen molar-refractivity contribution < 1.29 is 23.4 Å². The lowest BCUT2D eigenvalue weighted by Gasteiger charge is -2.21. The van der Waals surface area contributed by atoms with Gasteiger partial charge in [-0.3, -0.25) is 4.79 Å². The highest BCUT2D eigenvalue weighted by Gasteiger charge is 2.32. The summed E-state index contributed by atoms with van der Waals surface area (Å²) in [7, 11) is 0. The molecular formula is C17H19F2N3O4. The van der Waals surface area contributed by atoms with E-state index in [9.17, 15) is 19.1 Å². The third kappa shape index (κ3) is 2.98. The molecule has 1 aromatic heterocycles. The number of anilines is 1. The molecule has 0 unspecified atom stereocenters. The van der Waals surface area contributed by atoms with Gasteiger partial charge < -0.3 is 25.9 Å². The summed E-state index contributed by atoms with van der Waals surface area (Å²) in [4.78, 5) is 23.8. The number of nitrogens with two attached hydrogens (primary N) is 2. The van der Waals surface area contributed by atoms with Crippen molar-refractivity contribution >= 4 is 22.6 Å². The summed E-state index contributed by atoms with van der Waals surface area (Å²) in [5, 5.41) is 8.74. The molecule has 0 saturated heterocycles. The average Bonchev–Trinajstić information content (AvgIpc) is 3.35. The van der Waals surface area contributed by atoms with E-state index in [4.69, 9.17) is 16.2 Å². The number of hydrogen-bond donors (Lipinski definition) is 3. The summed E-state index contributed by atoms with van der Waals surface area (Å²) >= 11 is 0. The normalized spacial score (nSPS) is 14.7. The van der Waals surface area contributed by atoms with E-state index in [0.717, 1.165) is 6.20 Å². The first-order valence-electron chi connectivity index (χ1n) is 8.03. The van der Waals surface area contributed by atoms with Crippen LogP contribution in [0.5, 0.6) is 5.75 Å². The zero-order valence-electron chi connectivity index (χ0n) is 14.3. The van der Waals surface area contributed by atoms with Crippen molar-refractivity contribution in [1.29, 1.82) is 0 Å². The van der Waals surface area contributed by atoms with Crippen LogP contribution in [0.2, 0.25) is 0 Å². The quantitative estimate of drug-likeness (QED) is 0.695. The molecule has 2 aromatic rings. The van der Waals surface area contributed by atoms with Crippen LogP contribution < -0.4 is 21.6 Å². The molecule has 0 radical (unpaired) electrons. The van der Waals surface area contributed by atoms with Crippen molar-refractivity contribution in [3.8, 4) is 5.75 Å². The molecule has 1 heterocycles. The predicted molar refractivity (Wildman–Crippen MR) is 91.5 cm³/mol. The van der Waals surface area contributed by atoms with E-state index in [1.165, 1.54) is 4.57 Å². The summed E-state index contributed by atoms with van der Waals surface area (Å²) in [5.74, 6) is -4.57. The van der Waals surface area contributed by atoms with Crippen LogP contribution in [0.4, 0.5) is 14.5 Å². The number of halogens is 2. The fourth-order valence-corrected chi connectivity index (χ4v) is 2.72. The molecule has 140 valence electrons. The lowest BCUT2D eigenvalue weighted by Crippen LogP contribution is -2.39. The van der Waals surface area contributed by atoms with Gasteiger partial charge in [0.15, 0.2) is 17.4 Å². The Morgan fingerprint density at radius 2 is 2.00 bits per heavy atom. The second kappa shape index (κ2) is 5.94. The maximum atomic E-state index is 15.1. The summed E-state index contributed by atoms with van der Waals surface area (Å²) < 4.78 is 36.2. The molecule has 0 bridgehead atoms. The van der Waals surface area contributed by atoms with E-state index in [1.54, 1.807) is 13.8 Å². The molecule has 1 aromatic carbocycles. The highest BCUT2D eigenvalue weighted by molar-refractivity contribution is 5.98. The van der Waals surface area contributed by atoms with E-state index in [-0.39, 0.29) is 18.2 Å². The van der Waals surface area contributed by atoms with Crippen LogP contribution in [0.15, 0.2) is 11.0 Å². The Morgan fingerprint density at radius 1 is 1.38 bits per heavy atom. The number of hydrogen-bond acceptors (Lipinski definition) is 5. The smallest absolute Gasteiger partial charge is 0.341 e. The van der Waals surface area contributed by atoms with E-state index < -0.39 is 51.0 Å². The number of carboxylic acid groups (broad SMARTS) is 1. The van der Waals surface area contributed by atoms with Crippen LogP contribution in [-0.4, -0.2) is 27.8 Å². The molecule has 0 amide bonds. The van der Waals surface area contributed by atoms with Gasteiger partial charge in [-0.05, 0) is 26.7 Å². The highest BCUT2D eigenvalue weighted by atomic mass is 19.1. The molecule has 0 aliphatic heterocycles. The van der Waals surface area contributed by atoms with E-state index >= 15 is 4.39 Å². The summed E-state index contributed by atoms with van der Waals surface area (Å²) in [6.45, 7) is 3.05. The largest absolute Gasteiger partial charge is 0.486 e. The van der Waals surface area contributed by atoms with Gasteiger partial charge in [0.25, 0.3) is 0 Å². The number of ether oxygens (including phenoxy) is 1. The van der Waals surface area contributed by atoms with Crippen molar-refractivity contribution in [1.82, 2.24) is 4.57 Å². The van der Waals surface area contributed by atoms with Crippen molar-refractivity contribution in [2.45, 2.75) is 38.3 Å². The van der Waals surface area contributed by atoms with Crippen molar-refractivity contribution in [3.63, 3.8) is 0 Å². The number of benzene rings is 1. The molecule has 3 rings (SSSR count). The summed E-state index contributed by atoms with van der Waals surface area (Å²) in [6, 6.07) is -0.186. The molecule has 1 aliphatic carbocycles. The minimum atomic E-state index is -1.49. The first-order chi connectivity index (χ1) is 12.0. The Kier molecular flexibility index (Phi) is 4.14. The fraction of sp³-hybridized carbons (Fsp3) is 0.412. The molecule has 5 N–H and O–H groups in total. The molecule has 7 nitrogen and oxygen atoms in total. The van der Waals surface area contributed by atoms with Gasteiger partial charge in [-0.15, -0.1) is 0 Å². The number of carbonyl (C=O) groups is 1. The van der Waals surface area contributed by atoms with Crippen LogP contribution >= 0.6 is 0 Å². The number of carboxylic acids is 1. The zero-order valence-corrected chi connectivity index (χ0v) is 14.3. The molecule has 26 heavy (non-hydrogen) atoms. The number of aromatic nitrogens is 1. The lowest BCUT2D eigenvalue weighted by atomic mass is 10.1. The first kappa shape index (κ1) is 18.1. The zero-order chi connectivity index (χ0) is 19.4. The Balaban J connectivity index is 2.35. The Hall–Kier alpha value is -2.68. The van der Waals surface area contributed by atoms with Gasteiger partial charge in [-0.25, -0.2) is 13.6 Å². The third-order valence-electron chi connectivity index (χ3n) is 4.11. The Bertz CT molecular complexity index is 975. The number of pyridine rings is 1. The topological polar surface area (TPSA) is 121 Å². The van der Waals surface area contributed by atoms with Gasteiger partial charge in [-0.1, -0.05) is 0 Å². The van der Waals surface area contributed by atoms with Crippen molar-refractivity contribution in [2.24, 2.45) is 5.73 Å². The van der Waals surface area contributed by atoms with Gasteiger partial charge in [0.05, 0.1) is 16.6 Å². The van der Waals surface area contributed by atoms with E-state index in [1.807, 2.05) is 0 Å². The molecule has 1 saturated carbocycles. The van der Waals surface area contributed by atoms with Gasteiger partial charge in [0.2, 0.25) is 5.43 Å². The standard InChI is InChI=1S/C17H19F2N3O4/c1-17(2,21)6-26-15-10(18)12(20)9-13(11(15)19)22(7-3-4-7)5-8(14(9)23)16(24)25/h5,7H,3-4,6,20-21H2,1-2H3,(H,24,25). The molecule has 9 heteroatoms. The van der Waals surface area contributed by atoms with E-state index in [0.29, 0.717) is 12.8 Å². The second-order valence-corrected chi connectivity index (χ2v) is 7.19. The number of aromatic carboxylic acids is 1. The summed E-state index contributed by atoms with van der Waals surface area (Å²) in [5.41, 5.74) is 8.12. The van der Waals surface area contributed by atoms with Gasteiger partial charge in [-0.2, -0.15) is 0 Å². The maximum Gasteiger partial charge on any atom is 0.341 e. The Morgan fingerprint density at radius 3 is 2.50 bits per heavy atom. The molecular weight excluding hydrogens is 348 g/mol. The second-order valence-electron chi connectivity index (χ2n) is 7.19. The number of nitrogen functional groups attached to an aromatic ring is 1. The first-order valence-corrected chi connectivity index (χ1v) is 8.03. The van der Waals surface area contributed by atoms with Crippen LogP contribution in [0.1, 0.15) is 43.1 Å². The van der Waals surface area contributed by atoms with Gasteiger partial charge in [0, 0.05) is 17.8 Å². The van der Waals surface area contributed by atoms with Gasteiger partial charge >= 0.3 is 5.97 Å². The predicted octanol–water partition coefficient (Wildman–Crippen LogP) is 2.01. The van der Waals surface area contributed by atoms with Gasteiger partial charge in [0.1, 0.15) is 12.2 Å². The molecule has 1 aliphatic rings. The monoisotopic (exact) mass is 367 g/mol. The minimum absolute atomic E-state index is 0.186. The third-order valence-corrected chi connectivity index (χ3v) is 4.11. The van der Waals surface area contributed by atoms with Crippen LogP contribution in [0.25, 0.3) is 10.9 Å². The minimum Gasteiger partial charge on any atom is -0.486 e. The van der Waals surface area contributed by atoms with Crippen molar-refractivity contribution in [3.05, 3.63) is 33.6 Å². The van der Waals surface area contributed by atoms with Crippen LogP contribution in [0, 0.1) is 11.6 Å². The summed E-state index contributed by atoms with van der Waals surface area (Å²) in [6.07, 6.45) is 2.43. The molecule has 0 spiro atoms. The highest BCUT2D eigenvalue weighted by Crippen LogP contribution is 2.41. The average molecular weight is 367 g/mol. The molecule has 1 fully saturated rings. The SMILES string of the molecule is CC(C)(N)COc1c(F)c(N)c2c(=O)c(C(=O)O)cn(C3CC3)c2c1F. The fourth-order valence-electron chi connectivity index (χ4n) is 2.72. The Labute approximate surface area is 147 Å². The van der Waals surface area contributed by atoms with Crippen LogP contribution in [-0.2, 0) is 0 Å².